The highest BCUT2D eigenvalue weighted by molar-refractivity contribution is 6.35. The third kappa shape index (κ3) is 2.48. The fourth-order valence-corrected chi connectivity index (χ4v) is 2.17. The molecule has 4 nitrogen and oxygen atoms in total. The molecule has 0 aliphatic carbocycles. The van der Waals surface area contributed by atoms with E-state index in [2.05, 4.69) is 10.4 Å². The zero-order chi connectivity index (χ0) is 14.1. The van der Waals surface area contributed by atoms with Gasteiger partial charge in [0.2, 0.25) is 0 Å². The average molecular weight is 306 g/mol. The van der Waals surface area contributed by atoms with E-state index in [9.17, 15) is 4.79 Å². The van der Waals surface area contributed by atoms with Gasteiger partial charge in [0, 0.05) is 11.2 Å². The molecule has 0 unspecified atom stereocenters. The van der Waals surface area contributed by atoms with E-state index in [1.807, 2.05) is 18.2 Å². The predicted molar refractivity (Wildman–Crippen MR) is 79.6 cm³/mol. The minimum atomic E-state index is -0.335. The molecule has 1 N–H and O–H groups in total. The number of pyridine rings is 1. The summed E-state index contributed by atoms with van der Waals surface area (Å²) < 4.78 is 1.63. The summed E-state index contributed by atoms with van der Waals surface area (Å²) in [5, 5.41) is 7.81. The van der Waals surface area contributed by atoms with Gasteiger partial charge >= 0.3 is 0 Å². The van der Waals surface area contributed by atoms with Gasteiger partial charge in [0.1, 0.15) is 0 Å². The van der Waals surface area contributed by atoms with Crippen LogP contribution in [0.25, 0.3) is 5.52 Å². The number of fused-ring (bicyclic) bond motifs is 1. The first-order chi connectivity index (χ1) is 9.63. The van der Waals surface area contributed by atoms with Crippen molar-refractivity contribution in [1.29, 1.82) is 0 Å². The Morgan fingerprint density at radius 1 is 1.15 bits per heavy atom. The van der Waals surface area contributed by atoms with Gasteiger partial charge in [0.15, 0.2) is 5.69 Å². The Balaban J connectivity index is 1.90. The van der Waals surface area contributed by atoms with Crippen LogP contribution in [0.3, 0.4) is 0 Å². The Hall–Kier alpha value is -2.04. The third-order valence-corrected chi connectivity index (χ3v) is 3.34. The van der Waals surface area contributed by atoms with Crippen LogP contribution in [-0.2, 0) is 0 Å². The number of hydrogen-bond acceptors (Lipinski definition) is 2. The van der Waals surface area contributed by atoms with Crippen LogP contribution in [0, 0.1) is 0 Å². The van der Waals surface area contributed by atoms with Crippen LogP contribution in [0.5, 0.6) is 0 Å². The van der Waals surface area contributed by atoms with Gasteiger partial charge in [-0.1, -0.05) is 29.3 Å². The van der Waals surface area contributed by atoms with Crippen molar-refractivity contribution < 1.29 is 4.79 Å². The van der Waals surface area contributed by atoms with Crippen molar-refractivity contribution in [2.45, 2.75) is 0 Å². The summed E-state index contributed by atoms with van der Waals surface area (Å²) >= 11 is 11.9. The summed E-state index contributed by atoms with van der Waals surface area (Å²) in [5.74, 6) is -0.335. The van der Waals surface area contributed by atoms with Gasteiger partial charge in [-0.25, -0.2) is 4.52 Å². The predicted octanol–water partition coefficient (Wildman–Crippen LogP) is 3.89. The standard InChI is InChI=1S/C14H9Cl2N3O/c15-9-4-5-11(16)12(7-9)17-14(20)13-8-10-3-1-2-6-19(10)18-13/h1-8H,(H,17,20). The van der Waals surface area contributed by atoms with Gasteiger partial charge in [-0.2, -0.15) is 5.10 Å². The van der Waals surface area contributed by atoms with Gasteiger partial charge in [0.05, 0.1) is 16.2 Å². The molecule has 2 aromatic heterocycles. The van der Waals surface area contributed by atoms with Crippen LogP contribution in [0.1, 0.15) is 10.5 Å². The molecule has 1 amide bonds. The van der Waals surface area contributed by atoms with E-state index in [-0.39, 0.29) is 5.91 Å². The van der Waals surface area contributed by atoms with Gasteiger partial charge in [0.25, 0.3) is 5.91 Å². The second-order valence-electron chi connectivity index (χ2n) is 4.18. The lowest BCUT2D eigenvalue weighted by molar-refractivity contribution is 0.102. The van der Waals surface area contributed by atoms with E-state index >= 15 is 0 Å². The Labute approximate surface area is 124 Å². The monoisotopic (exact) mass is 305 g/mol. The maximum atomic E-state index is 12.2. The number of aromatic nitrogens is 2. The molecule has 0 fully saturated rings. The number of carbonyl (C=O) groups excluding carboxylic acids is 1. The molecule has 3 aromatic rings. The molecule has 0 radical (unpaired) electrons. The summed E-state index contributed by atoms with van der Waals surface area (Å²) in [6, 6.07) is 12.2. The quantitative estimate of drug-likeness (QED) is 0.780. The van der Waals surface area contributed by atoms with E-state index < -0.39 is 0 Å². The molecule has 6 heteroatoms. The molecule has 1 aromatic carbocycles. The van der Waals surface area contributed by atoms with Gasteiger partial charge in [-0.05, 0) is 36.4 Å². The average Bonchev–Trinajstić information content (AvgIpc) is 2.87. The van der Waals surface area contributed by atoms with E-state index in [1.165, 1.54) is 0 Å². The van der Waals surface area contributed by atoms with Crippen LogP contribution in [0.4, 0.5) is 5.69 Å². The molecule has 0 saturated carbocycles. The minimum absolute atomic E-state index is 0.312. The largest absolute Gasteiger partial charge is 0.319 e. The molecule has 100 valence electrons. The number of nitrogens with one attached hydrogen (secondary N) is 1. The van der Waals surface area contributed by atoms with Crippen LogP contribution in [-0.4, -0.2) is 15.5 Å². The fourth-order valence-electron chi connectivity index (χ4n) is 1.83. The minimum Gasteiger partial charge on any atom is -0.319 e. The summed E-state index contributed by atoms with van der Waals surface area (Å²) in [6.07, 6.45) is 1.78. The number of halogens is 2. The number of carbonyl (C=O) groups is 1. The van der Waals surface area contributed by atoms with Crippen molar-refractivity contribution in [3.63, 3.8) is 0 Å². The third-order valence-electron chi connectivity index (χ3n) is 2.78. The molecular weight excluding hydrogens is 297 g/mol. The van der Waals surface area contributed by atoms with Crippen LogP contribution >= 0.6 is 23.2 Å². The summed E-state index contributed by atoms with van der Waals surface area (Å²) in [4.78, 5) is 12.2. The number of rotatable bonds is 2. The second-order valence-corrected chi connectivity index (χ2v) is 5.02. The van der Waals surface area contributed by atoms with Crippen molar-refractivity contribution in [3.05, 3.63) is 64.4 Å². The van der Waals surface area contributed by atoms with E-state index in [1.54, 1.807) is 35.0 Å². The molecule has 0 atom stereocenters. The Morgan fingerprint density at radius 2 is 2.00 bits per heavy atom. The Bertz CT molecular complexity index is 765. The summed E-state index contributed by atoms with van der Waals surface area (Å²) in [6.45, 7) is 0. The summed E-state index contributed by atoms with van der Waals surface area (Å²) in [5.41, 5.74) is 1.61. The second kappa shape index (κ2) is 5.15. The lowest BCUT2D eigenvalue weighted by Gasteiger charge is -2.05. The zero-order valence-corrected chi connectivity index (χ0v) is 11.7. The fraction of sp³-hybridized carbons (Fsp3) is 0. The number of benzene rings is 1. The summed E-state index contributed by atoms with van der Waals surface area (Å²) in [7, 11) is 0. The SMILES string of the molecule is O=C(Nc1cc(Cl)ccc1Cl)c1cc2ccccn2n1. The number of hydrogen-bond donors (Lipinski definition) is 1. The number of amides is 1. The molecule has 0 spiro atoms. The van der Waals surface area contributed by atoms with Crippen LogP contribution < -0.4 is 5.32 Å². The van der Waals surface area contributed by atoms with E-state index in [4.69, 9.17) is 23.2 Å². The maximum absolute atomic E-state index is 12.2. The van der Waals surface area contributed by atoms with E-state index in [0.717, 1.165) is 5.52 Å². The molecule has 0 aliphatic rings. The molecule has 20 heavy (non-hydrogen) atoms. The van der Waals surface area contributed by atoms with Crippen molar-refractivity contribution in [1.82, 2.24) is 9.61 Å². The Morgan fingerprint density at radius 3 is 2.80 bits per heavy atom. The number of nitrogens with zero attached hydrogens (tertiary/aromatic N) is 2. The topological polar surface area (TPSA) is 46.4 Å². The molecular formula is C14H9Cl2N3O. The van der Waals surface area contributed by atoms with Crippen molar-refractivity contribution in [2.24, 2.45) is 0 Å². The zero-order valence-electron chi connectivity index (χ0n) is 10.2. The first-order valence-electron chi connectivity index (χ1n) is 5.84. The van der Waals surface area contributed by atoms with Crippen molar-refractivity contribution in [3.8, 4) is 0 Å². The smallest absolute Gasteiger partial charge is 0.276 e. The van der Waals surface area contributed by atoms with E-state index in [0.29, 0.717) is 21.4 Å². The maximum Gasteiger partial charge on any atom is 0.276 e. The van der Waals surface area contributed by atoms with Crippen molar-refractivity contribution >= 4 is 40.3 Å². The molecule has 0 saturated heterocycles. The van der Waals surface area contributed by atoms with Gasteiger partial charge in [-0.3, -0.25) is 4.79 Å². The highest BCUT2D eigenvalue weighted by Gasteiger charge is 2.12. The van der Waals surface area contributed by atoms with Gasteiger partial charge < -0.3 is 5.32 Å². The first kappa shape index (κ1) is 13.0. The lowest BCUT2D eigenvalue weighted by atomic mass is 10.3. The van der Waals surface area contributed by atoms with Crippen LogP contribution in [0.15, 0.2) is 48.7 Å². The molecule has 0 aliphatic heterocycles. The lowest BCUT2D eigenvalue weighted by Crippen LogP contribution is -2.13. The highest BCUT2D eigenvalue weighted by Crippen LogP contribution is 2.25. The normalized spacial score (nSPS) is 10.7. The molecule has 3 rings (SSSR count). The first-order valence-corrected chi connectivity index (χ1v) is 6.60. The van der Waals surface area contributed by atoms with Gasteiger partial charge in [-0.15, -0.1) is 0 Å². The Kier molecular flexibility index (Phi) is 3.34. The van der Waals surface area contributed by atoms with Crippen LogP contribution in [0.2, 0.25) is 10.0 Å². The number of anilines is 1. The molecule has 0 bridgehead atoms. The van der Waals surface area contributed by atoms with Crippen molar-refractivity contribution in [2.75, 3.05) is 5.32 Å². The highest BCUT2D eigenvalue weighted by atomic mass is 35.5. The molecule has 2 heterocycles.